The van der Waals surface area contributed by atoms with Crippen molar-refractivity contribution in [2.24, 2.45) is 0 Å². The van der Waals surface area contributed by atoms with E-state index >= 15 is 0 Å². The number of amides is 2. The molecule has 0 aliphatic carbocycles. The lowest BCUT2D eigenvalue weighted by atomic mass is 10.1. The molecule has 2 aromatic carbocycles. The molecule has 0 N–H and O–H groups in total. The number of carbonyl (C=O) groups is 1. The highest BCUT2D eigenvalue weighted by Crippen LogP contribution is 2.25. The minimum Gasteiger partial charge on any atom is -0.379 e. The maximum Gasteiger partial charge on any atom is 0.339 e. The number of carbonyl (C=O) groups excluding carboxylic acids is 1. The van der Waals surface area contributed by atoms with E-state index in [1.807, 2.05) is 4.90 Å². The van der Waals surface area contributed by atoms with Crippen LogP contribution in [0.1, 0.15) is 45.4 Å². The van der Waals surface area contributed by atoms with Crippen molar-refractivity contribution >= 4 is 21.8 Å². The van der Waals surface area contributed by atoms with Gasteiger partial charge in [-0.25, -0.2) is 13.6 Å². The number of benzene rings is 2. The van der Waals surface area contributed by atoms with Gasteiger partial charge >= 0.3 is 16.1 Å². The minimum absolute atomic E-state index is 0.0966. The number of hydrogen-bond donors (Lipinski definition) is 0. The number of unbranched alkanes of at least 4 members (excludes halogenated alkanes) is 5. The van der Waals surface area contributed by atoms with Crippen molar-refractivity contribution in [2.45, 2.75) is 50.3 Å². The summed E-state index contributed by atoms with van der Waals surface area (Å²) in [4.78, 5) is 15.9. The fourth-order valence-corrected chi connectivity index (χ4v) is 4.57. The van der Waals surface area contributed by atoms with Gasteiger partial charge in [-0.1, -0.05) is 39.0 Å². The first-order valence-electron chi connectivity index (χ1n) is 10.9. The van der Waals surface area contributed by atoms with Gasteiger partial charge in [-0.15, -0.1) is 0 Å². The van der Waals surface area contributed by atoms with Crippen molar-refractivity contribution in [3.05, 3.63) is 54.1 Å². The van der Waals surface area contributed by atoms with Gasteiger partial charge in [-0.05, 0) is 30.7 Å². The molecule has 1 aliphatic rings. The highest BCUT2D eigenvalue weighted by atomic mass is 32.2. The second kappa shape index (κ2) is 10.8. The average molecular weight is 467 g/mol. The molecule has 0 bridgehead atoms. The lowest BCUT2D eigenvalue weighted by Crippen LogP contribution is -2.32. The molecule has 6 nitrogen and oxygen atoms in total. The second-order valence-corrected chi connectivity index (χ2v) is 9.37. The molecule has 2 aromatic rings. The van der Waals surface area contributed by atoms with E-state index in [-0.39, 0.29) is 10.9 Å². The Bertz CT molecular complexity index is 1010. The molecule has 0 atom stereocenters. The molecule has 0 unspecified atom stereocenters. The molecular weight excluding hydrogens is 438 g/mol. The molecule has 0 radical (unpaired) electrons. The van der Waals surface area contributed by atoms with E-state index in [9.17, 15) is 22.0 Å². The van der Waals surface area contributed by atoms with Crippen LogP contribution in [-0.4, -0.2) is 39.0 Å². The van der Waals surface area contributed by atoms with Gasteiger partial charge in [0, 0.05) is 43.5 Å². The maximum absolute atomic E-state index is 13.3. The van der Waals surface area contributed by atoms with Crippen LogP contribution in [0.5, 0.6) is 5.75 Å². The Morgan fingerprint density at radius 1 is 0.906 bits per heavy atom. The lowest BCUT2D eigenvalue weighted by molar-refractivity contribution is 0.219. The molecule has 32 heavy (non-hydrogen) atoms. The predicted octanol–water partition coefficient (Wildman–Crippen LogP) is 5.34. The normalized spacial score (nSPS) is 14.3. The van der Waals surface area contributed by atoms with Crippen molar-refractivity contribution in [3.63, 3.8) is 0 Å². The number of urea groups is 1. The lowest BCUT2D eigenvalue weighted by Gasteiger charge is -2.19. The number of halogens is 2. The number of hydrogen-bond acceptors (Lipinski definition) is 4. The molecule has 0 aromatic heterocycles. The van der Waals surface area contributed by atoms with Crippen LogP contribution >= 0.6 is 0 Å². The van der Waals surface area contributed by atoms with Gasteiger partial charge in [0.25, 0.3) is 0 Å². The summed E-state index contributed by atoms with van der Waals surface area (Å²) in [6, 6.07) is 7.77. The topological polar surface area (TPSA) is 66.9 Å². The summed E-state index contributed by atoms with van der Waals surface area (Å²) in [7, 11) is -4.28. The fraction of sp³-hybridized carbons (Fsp3) is 0.435. The second-order valence-electron chi connectivity index (χ2n) is 7.83. The third kappa shape index (κ3) is 6.18. The quantitative estimate of drug-likeness (QED) is 0.331. The van der Waals surface area contributed by atoms with Crippen molar-refractivity contribution in [1.82, 2.24) is 4.90 Å². The van der Waals surface area contributed by atoms with Crippen LogP contribution in [0.4, 0.5) is 19.3 Å². The van der Waals surface area contributed by atoms with Crippen LogP contribution in [0, 0.1) is 11.6 Å². The Balaban J connectivity index is 1.58. The van der Waals surface area contributed by atoms with Crippen molar-refractivity contribution in [2.75, 3.05) is 24.5 Å². The van der Waals surface area contributed by atoms with E-state index in [0.29, 0.717) is 31.4 Å². The number of anilines is 1. The van der Waals surface area contributed by atoms with Crippen LogP contribution < -0.4 is 9.08 Å². The minimum atomic E-state index is -4.28. The van der Waals surface area contributed by atoms with E-state index in [2.05, 4.69) is 6.92 Å². The van der Waals surface area contributed by atoms with E-state index in [1.165, 1.54) is 49.9 Å². The summed E-state index contributed by atoms with van der Waals surface area (Å²) in [5.41, 5.74) is 0.580. The first-order valence-corrected chi connectivity index (χ1v) is 12.3. The first-order chi connectivity index (χ1) is 15.3. The summed E-state index contributed by atoms with van der Waals surface area (Å²) in [5.74, 6) is -2.33. The fourth-order valence-electron chi connectivity index (χ4n) is 3.66. The monoisotopic (exact) mass is 466 g/mol. The van der Waals surface area contributed by atoms with Crippen LogP contribution in [0.2, 0.25) is 0 Å². The van der Waals surface area contributed by atoms with Crippen LogP contribution in [0.15, 0.2) is 47.4 Å². The predicted molar refractivity (Wildman–Crippen MR) is 118 cm³/mol. The van der Waals surface area contributed by atoms with Crippen LogP contribution in [-0.2, 0) is 10.1 Å². The third-order valence-corrected chi connectivity index (χ3v) is 6.62. The molecule has 3 rings (SSSR count). The molecule has 2 amide bonds. The molecule has 0 saturated carbocycles. The summed E-state index contributed by atoms with van der Waals surface area (Å²) in [6.45, 7) is 4.05. The zero-order valence-corrected chi connectivity index (χ0v) is 18.9. The van der Waals surface area contributed by atoms with Gasteiger partial charge in [0.1, 0.15) is 22.3 Å². The first kappa shape index (κ1) is 24.0. The summed E-state index contributed by atoms with van der Waals surface area (Å²) < 4.78 is 56.3. The average Bonchev–Trinajstić information content (AvgIpc) is 3.10. The van der Waals surface area contributed by atoms with Crippen molar-refractivity contribution < 1.29 is 26.2 Å². The Kier molecular flexibility index (Phi) is 8.06. The highest BCUT2D eigenvalue weighted by molar-refractivity contribution is 7.87. The number of nitrogens with zero attached hydrogens (tertiary/aromatic N) is 2. The molecular formula is C23H28F2N2O4S. The third-order valence-electron chi connectivity index (χ3n) is 5.36. The Morgan fingerprint density at radius 3 is 2.19 bits per heavy atom. The standard InChI is InChI=1S/C23H28F2N2O4S/c1-2-3-4-5-6-7-12-26-13-14-27(23(26)28)20-8-10-22(11-9-20)32(29,30)31-21-16-18(24)15-19(25)17-21/h8-11,15-17H,2-7,12-14H2,1H3. The molecule has 1 saturated heterocycles. The van der Waals surface area contributed by atoms with Crippen LogP contribution in [0.25, 0.3) is 0 Å². The van der Waals surface area contributed by atoms with Gasteiger partial charge in [-0.3, -0.25) is 4.90 Å². The number of rotatable bonds is 11. The van der Waals surface area contributed by atoms with Gasteiger partial charge in [0.15, 0.2) is 0 Å². The smallest absolute Gasteiger partial charge is 0.339 e. The molecule has 1 fully saturated rings. The molecule has 1 aliphatic heterocycles. The van der Waals surface area contributed by atoms with E-state index in [4.69, 9.17) is 4.18 Å². The Hall–Kier alpha value is -2.68. The van der Waals surface area contributed by atoms with Crippen molar-refractivity contribution in [3.8, 4) is 5.75 Å². The zero-order valence-electron chi connectivity index (χ0n) is 18.1. The van der Waals surface area contributed by atoms with Gasteiger partial charge in [-0.2, -0.15) is 8.42 Å². The van der Waals surface area contributed by atoms with Gasteiger partial charge < -0.3 is 9.08 Å². The largest absolute Gasteiger partial charge is 0.379 e. The SMILES string of the molecule is CCCCCCCCN1CCN(c2ccc(S(=O)(=O)Oc3cc(F)cc(F)c3)cc2)C1=O. The molecule has 9 heteroatoms. The van der Waals surface area contributed by atoms with E-state index in [0.717, 1.165) is 25.0 Å². The Morgan fingerprint density at radius 2 is 1.53 bits per heavy atom. The van der Waals surface area contributed by atoms with Crippen molar-refractivity contribution in [1.29, 1.82) is 0 Å². The van der Waals surface area contributed by atoms with E-state index in [1.54, 1.807) is 4.90 Å². The summed E-state index contributed by atoms with van der Waals surface area (Å²) >= 11 is 0. The summed E-state index contributed by atoms with van der Waals surface area (Å²) in [5, 5.41) is 0. The summed E-state index contributed by atoms with van der Waals surface area (Å²) in [6.07, 6.45) is 6.93. The Labute approximate surface area is 187 Å². The highest BCUT2D eigenvalue weighted by Gasteiger charge is 2.29. The maximum atomic E-state index is 13.3. The van der Waals surface area contributed by atoms with Crippen LogP contribution in [0.3, 0.4) is 0 Å². The molecule has 174 valence electrons. The molecule has 0 spiro atoms. The van der Waals surface area contributed by atoms with Gasteiger partial charge in [0.2, 0.25) is 0 Å². The zero-order chi connectivity index (χ0) is 23.1. The van der Waals surface area contributed by atoms with Gasteiger partial charge in [0.05, 0.1) is 0 Å². The molecule has 1 heterocycles. The van der Waals surface area contributed by atoms with E-state index < -0.39 is 27.5 Å².